The van der Waals surface area contributed by atoms with Crippen molar-refractivity contribution in [2.24, 2.45) is 7.05 Å². The highest BCUT2D eigenvalue weighted by Gasteiger charge is 2.26. The van der Waals surface area contributed by atoms with Gasteiger partial charge in [-0.25, -0.2) is 4.98 Å². The molecular formula is C26H28N4O2S. The van der Waals surface area contributed by atoms with E-state index in [1.54, 1.807) is 11.3 Å². The normalized spacial score (nSPS) is 20.8. The second kappa shape index (κ2) is 9.08. The first-order valence-corrected chi connectivity index (χ1v) is 12.2. The fourth-order valence-corrected chi connectivity index (χ4v) is 5.49. The molecule has 1 aromatic carbocycles. The highest BCUT2D eigenvalue weighted by molar-refractivity contribution is 7.17. The van der Waals surface area contributed by atoms with E-state index in [9.17, 15) is 4.79 Å². The van der Waals surface area contributed by atoms with Crippen LogP contribution >= 0.6 is 11.3 Å². The number of nitrogens with zero attached hydrogens (tertiary/aromatic N) is 3. The summed E-state index contributed by atoms with van der Waals surface area (Å²) in [4.78, 5) is 17.7. The molecule has 1 aliphatic rings. The van der Waals surface area contributed by atoms with Crippen LogP contribution in [0.3, 0.4) is 0 Å². The maximum Gasteiger partial charge on any atom is 0.270 e. The number of rotatable bonds is 5. The topological polar surface area (TPSA) is 69.0 Å². The Hall–Kier alpha value is -3.03. The molecule has 0 bridgehead atoms. The van der Waals surface area contributed by atoms with Gasteiger partial charge in [-0.05, 0) is 67.8 Å². The van der Waals surface area contributed by atoms with Gasteiger partial charge in [0.1, 0.15) is 5.69 Å². The maximum absolute atomic E-state index is 13.1. The van der Waals surface area contributed by atoms with Gasteiger partial charge >= 0.3 is 0 Å². The highest BCUT2D eigenvalue weighted by Crippen LogP contribution is 2.28. The molecule has 4 aromatic rings. The standard InChI is InChI=1S/C26H28N4O2S/c1-16-12-21(13-17(2)32-16)27-26(31)24-15-20(25-23(28-24)9-11-33-25)14-18-4-6-19(7-5-18)22-8-10-30(3)29-22/h4-11,15-17,21H,12-14H2,1-3H3,(H,27,31). The van der Waals surface area contributed by atoms with E-state index in [2.05, 4.69) is 53.5 Å². The summed E-state index contributed by atoms with van der Waals surface area (Å²) in [5, 5.41) is 9.70. The molecule has 33 heavy (non-hydrogen) atoms. The second-order valence-electron chi connectivity index (χ2n) is 8.95. The Morgan fingerprint density at radius 1 is 1.15 bits per heavy atom. The monoisotopic (exact) mass is 460 g/mol. The molecule has 5 rings (SSSR count). The van der Waals surface area contributed by atoms with Crippen molar-refractivity contribution >= 4 is 27.5 Å². The number of carbonyl (C=O) groups excluding carboxylic acids is 1. The lowest BCUT2D eigenvalue weighted by Crippen LogP contribution is -2.44. The number of fused-ring (bicyclic) bond motifs is 1. The third-order valence-electron chi connectivity index (χ3n) is 6.11. The quantitative estimate of drug-likeness (QED) is 0.456. The van der Waals surface area contributed by atoms with Crippen LogP contribution in [0.4, 0.5) is 0 Å². The van der Waals surface area contributed by atoms with Gasteiger partial charge in [0.05, 0.1) is 28.1 Å². The van der Waals surface area contributed by atoms with E-state index in [0.717, 1.165) is 46.3 Å². The summed E-state index contributed by atoms with van der Waals surface area (Å²) in [7, 11) is 1.92. The van der Waals surface area contributed by atoms with Crippen molar-refractivity contribution in [2.45, 2.75) is 51.4 Å². The van der Waals surface area contributed by atoms with Gasteiger partial charge in [0.15, 0.2) is 0 Å². The van der Waals surface area contributed by atoms with Crippen LogP contribution in [0.1, 0.15) is 48.3 Å². The van der Waals surface area contributed by atoms with E-state index in [0.29, 0.717) is 5.69 Å². The lowest BCUT2D eigenvalue weighted by molar-refractivity contribution is -0.0408. The van der Waals surface area contributed by atoms with Crippen LogP contribution < -0.4 is 5.32 Å². The maximum atomic E-state index is 13.1. The lowest BCUT2D eigenvalue weighted by atomic mass is 9.99. The van der Waals surface area contributed by atoms with Crippen molar-refractivity contribution in [3.8, 4) is 11.3 Å². The summed E-state index contributed by atoms with van der Waals surface area (Å²) in [5.41, 5.74) is 5.72. The summed E-state index contributed by atoms with van der Waals surface area (Å²) >= 11 is 1.67. The number of hydrogen-bond donors (Lipinski definition) is 1. The number of benzene rings is 1. The third-order valence-corrected chi connectivity index (χ3v) is 7.09. The van der Waals surface area contributed by atoms with E-state index in [1.807, 2.05) is 41.5 Å². The van der Waals surface area contributed by atoms with Crippen LogP contribution in [0.15, 0.2) is 54.0 Å². The first kappa shape index (κ1) is 21.8. The number of thiophene rings is 1. The molecule has 0 saturated carbocycles. The minimum Gasteiger partial charge on any atom is -0.375 e. The molecule has 2 unspecified atom stereocenters. The number of nitrogens with one attached hydrogen (secondary N) is 1. The van der Waals surface area contributed by atoms with Gasteiger partial charge in [-0.1, -0.05) is 24.3 Å². The Balaban J connectivity index is 1.37. The van der Waals surface area contributed by atoms with Crippen LogP contribution in [0.2, 0.25) is 0 Å². The number of aromatic nitrogens is 3. The molecule has 1 N–H and O–H groups in total. The fourth-order valence-electron chi connectivity index (χ4n) is 4.64. The van der Waals surface area contributed by atoms with Gasteiger partial charge in [0.2, 0.25) is 0 Å². The third kappa shape index (κ3) is 4.84. The van der Waals surface area contributed by atoms with Gasteiger partial charge in [0.25, 0.3) is 5.91 Å². The van der Waals surface area contributed by atoms with Crippen molar-refractivity contribution in [2.75, 3.05) is 0 Å². The Bertz CT molecular complexity index is 1270. The van der Waals surface area contributed by atoms with Gasteiger partial charge in [0, 0.05) is 24.8 Å². The zero-order chi connectivity index (χ0) is 22.9. The number of carbonyl (C=O) groups is 1. The second-order valence-corrected chi connectivity index (χ2v) is 9.87. The molecule has 1 saturated heterocycles. The van der Waals surface area contributed by atoms with E-state index < -0.39 is 0 Å². The predicted molar refractivity (Wildman–Crippen MR) is 132 cm³/mol. The number of pyridine rings is 1. The summed E-state index contributed by atoms with van der Waals surface area (Å²) in [5.74, 6) is -0.110. The summed E-state index contributed by atoms with van der Waals surface area (Å²) in [6, 6.07) is 14.5. The molecular weight excluding hydrogens is 432 g/mol. The summed E-state index contributed by atoms with van der Waals surface area (Å²) < 4.78 is 8.74. The van der Waals surface area contributed by atoms with Crippen LogP contribution in [-0.4, -0.2) is 38.9 Å². The molecule has 1 amide bonds. The highest BCUT2D eigenvalue weighted by atomic mass is 32.1. The molecule has 4 heterocycles. The number of hydrogen-bond acceptors (Lipinski definition) is 5. The Kier molecular flexibility index (Phi) is 6.00. The minimum absolute atomic E-state index is 0.110. The van der Waals surface area contributed by atoms with Crippen molar-refractivity contribution in [1.82, 2.24) is 20.1 Å². The molecule has 7 heteroatoms. The van der Waals surface area contributed by atoms with Gasteiger partial charge in [-0.2, -0.15) is 5.10 Å². The average molecular weight is 461 g/mol. The smallest absolute Gasteiger partial charge is 0.270 e. The van der Waals surface area contributed by atoms with Gasteiger partial charge in [-0.3, -0.25) is 9.48 Å². The molecule has 3 aromatic heterocycles. The molecule has 6 nitrogen and oxygen atoms in total. The van der Waals surface area contributed by atoms with E-state index >= 15 is 0 Å². The predicted octanol–water partition coefficient (Wildman–Crippen LogP) is 4.97. The molecule has 170 valence electrons. The first-order valence-electron chi connectivity index (χ1n) is 11.4. The largest absolute Gasteiger partial charge is 0.375 e. The van der Waals surface area contributed by atoms with Crippen molar-refractivity contribution < 1.29 is 9.53 Å². The molecule has 1 fully saturated rings. The average Bonchev–Trinajstić information content (AvgIpc) is 3.42. The van der Waals surface area contributed by atoms with Gasteiger partial charge in [-0.15, -0.1) is 11.3 Å². The molecule has 2 atom stereocenters. The fraction of sp³-hybridized carbons (Fsp3) is 0.346. The Morgan fingerprint density at radius 2 is 1.91 bits per heavy atom. The van der Waals surface area contributed by atoms with Crippen molar-refractivity contribution in [3.05, 3.63) is 70.9 Å². The zero-order valence-corrected chi connectivity index (χ0v) is 19.9. The Labute approximate surface area is 197 Å². The number of aryl methyl sites for hydroxylation is 1. The molecule has 0 spiro atoms. The minimum atomic E-state index is -0.110. The van der Waals surface area contributed by atoms with E-state index in [-0.39, 0.29) is 24.2 Å². The van der Waals surface area contributed by atoms with E-state index in [4.69, 9.17) is 4.74 Å². The zero-order valence-electron chi connectivity index (χ0n) is 19.1. The van der Waals surface area contributed by atoms with Crippen molar-refractivity contribution in [1.29, 1.82) is 0 Å². The summed E-state index contributed by atoms with van der Waals surface area (Å²) in [6.45, 7) is 4.11. The SMILES string of the molecule is CC1CC(NC(=O)c2cc(Cc3ccc(-c4ccn(C)n4)cc3)c3sccc3n2)CC(C)O1. The van der Waals surface area contributed by atoms with Crippen LogP contribution in [0.5, 0.6) is 0 Å². The molecule has 0 radical (unpaired) electrons. The lowest BCUT2D eigenvalue weighted by Gasteiger charge is -2.32. The Morgan fingerprint density at radius 3 is 2.61 bits per heavy atom. The molecule has 0 aliphatic carbocycles. The van der Waals surface area contributed by atoms with Crippen LogP contribution in [-0.2, 0) is 18.2 Å². The summed E-state index contributed by atoms with van der Waals surface area (Å²) in [6.07, 6.45) is 4.64. The molecule has 1 aliphatic heterocycles. The first-order chi connectivity index (χ1) is 15.9. The van der Waals surface area contributed by atoms with Crippen LogP contribution in [0.25, 0.3) is 21.5 Å². The van der Waals surface area contributed by atoms with Crippen LogP contribution in [0, 0.1) is 0 Å². The number of ether oxygens (including phenoxy) is 1. The van der Waals surface area contributed by atoms with Gasteiger partial charge < -0.3 is 10.1 Å². The number of amides is 1. The van der Waals surface area contributed by atoms with Crippen molar-refractivity contribution in [3.63, 3.8) is 0 Å². The van der Waals surface area contributed by atoms with E-state index in [1.165, 1.54) is 5.56 Å².